The number of hydrogen-bond donors (Lipinski definition) is 1. The molecule has 0 fully saturated rings. The first-order chi connectivity index (χ1) is 8.13. The molecule has 0 radical (unpaired) electrons. The molecule has 2 aromatic rings. The third-order valence-corrected chi connectivity index (χ3v) is 4.01. The number of rotatable bonds is 3. The highest BCUT2D eigenvalue weighted by Gasteiger charge is 2.13. The lowest BCUT2D eigenvalue weighted by atomic mass is 10.2. The van der Waals surface area contributed by atoms with Crippen molar-refractivity contribution in [2.45, 2.75) is 20.5 Å². The van der Waals surface area contributed by atoms with Crippen molar-refractivity contribution in [2.75, 3.05) is 11.9 Å². The van der Waals surface area contributed by atoms with Gasteiger partial charge < -0.3 is 10.0 Å². The molecule has 0 aliphatic heterocycles. The molecule has 3 nitrogen and oxygen atoms in total. The molecule has 0 saturated carbocycles. The summed E-state index contributed by atoms with van der Waals surface area (Å²) < 4.78 is 0. The molecule has 0 amide bonds. The van der Waals surface area contributed by atoms with Crippen LogP contribution in [0.2, 0.25) is 0 Å². The Morgan fingerprint density at radius 2 is 2.00 bits per heavy atom. The highest BCUT2D eigenvalue weighted by atomic mass is 32.1. The summed E-state index contributed by atoms with van der Waals surface area (Å²) in [6.45, 7) is 4.07. The smallest absolute Gasteiger partial charge is 0.190 e. The van der Waals surface area contributed by atoms with E-state index >= 15 is 0 Å². The Hall–Kier alpha value is -1.39. The molecule has 90 valence electrons. The molecule has 1 aromatic carbocycles. The minimum atomic E-state index is 0.0606. The standard InChI is InChI=1S/C13H16N2OS/c1-9-6-4-5-7-11(9)15(3)13-14-10(2)12(8-16)17-13/h4-7,16H,8H2,1-3H3. The van der Waals surface area contributed by atoms with E-state index in [1.807, 2.05) is 26.1 Å². The second-order valence-electron chi connectivity index (χ2n) is 4.01. The van der Waals surface area contributed by atoms with Crippen LogP contribution in [0.4, 0.5) is 10.8 Å². The molecule has 0 aliphatic rings. The SMILES string of the molecule is Cc1ccccc1N(C)c1nc(C)c(CO)s1. The lowest BCUT2D eigenvalue weighted by molar-refractivity contribution is 0.284. The highest BCUT2D eigenvalue weighted by molar-refractivity contribution is 7.15. The van der Waals surface area contributed by atoms with Crippen LogP contribution in [-0.4, -0.2) is 17.1 Å². The van der Waals surface area contributed by atoms with E-state index in [9.17, 15) is 5.11 Å². The number of aliphatic hydroxyl groups excluding tert-OH is 1. The topological polar surface area (TPSA) is 36.4 Å². The molecule has 2 rings (SSSR count). The van der Waals surface area contributed by atoms with Crippen molar-refractivity contribution in [1.82, 2.24) is 4.98 Å². The van der Waals surface area contributed by atoms with Crippen LogP contribution in [0.5, 0.6) is 0 Å². The Morgan fingerprint density at radius 3 is 2.59 bits per heavy atom. The fourth-order valence-electron chi connectivity index (χ4n) is 1.75. The lowest BCUT2D eigenvalue weighted by Crippen LogP contribution is -2.10. The van der Waals surface area contributed by atoms with Gasteiger partial charge in [0.05, 0.1) is 17.2 Å². The molecular formula is C13H16N2OS. The zero-order valence-corrected chi connectivity index (χ0v) is 11.1. The fraction of sp³-hybridized carbons (Fsp3) is 0.308. The Kier molecular flexibility index (Phi) is 3.45. The summed E-state index contributed by atoms with van der Waals surface area (Å²) in [5.41, 5.74) is 3.27. The first-order valence-electron chi connectivity index (χ1n) is 5.50. The van der Waals surface area contributed by atoms with Crippen molar-refractivity contribution < 1.29 is 5.11 Å². The van der Waals surface area contributed by atoms with Crippen LogP contribution in [0.15, 0.2) is 24.3 Å². The number of aromatic nitrogens is 1. The van der Waals surface area contributed by atoms with Crippen LogP contribution in [0.25, 0.3) is 0 Å². The van der Waals surface area contributed by atoms with Gasteiger partial charge in [-0.3, -0.25) is 0 Å². The van der Waals surface area contributed by atoms with Gasteiger partial charge >= 0.3 is 0 Å². The molecule has 0 unspecified atom stereocenters. The zero-order chi connectivity index (χ0) is 12.4. The predicted octanol–water partition coefficient (Wildman–Crippen LogP) is 3.02. The van der Waals surface area contributed by atoms with E-state index in [-0.39, 0.29) is 6.61 Å². The third-order valence-electron chi connectivity index (χ3n) is 2.79. The van der Waals surface area contributed by atoms with E-state index in [0.29, 0.717) is 0 Å². The molecule has 1 aromatic heterocycles. The number of hydrogen-bond acceptors (Lipinski definition) is 4. The number of nitrogens with zero attached hydrogens (tertiary/aromatic N) is 2. The molecule has 1 N–H and O–H groups in total. The van der Waals surface area contributed by atoms with E-state index in [1.165, 1.54) is 16.9 Å². The quantitative estimate of drug-likeness (QED) is 0.907. The maximum Gasteiger partial charge on any atom is 0.190 e. The molecule has 4 heteroatoms. The number of anilines is 2. The first kappa shape index (κ1) is 12.1. The second kappa shape index (κ2) is 4.85. The lowest BCUT2D eigenvalue weighted by Gasteiger charge is -2.18. The van der Waals surface area contributed by atoms with Crippen LogP contribution < -0.4 is 4.90 Å². The molecule has 1 heterocycles. The van der Waals surface area contributed by atoms with Crippen LogP contribution in [0.3, 0.4) is 0 Å². The third kappa shape index (κ3) is 2.33. The Morgan fingerprint density at radius 1 is 1.29 bits per heavy atom. The van der Waals surface area contributed by atoms with Gasteiger partial charge in [-0.25, -0.2) is 4.98 Å². The fourth-order valence-corrected chi connectivity index (χ4v) is 2.64. The molecule has 0 saturated heterocycles. The number of thiazole rings is 1. The van der Waals surface area contributed by atoms with Crippen molar-refractivity contribution >= 4 is 22.2 Å². The number of benzene rings is 1. The summed E-state index contributed by atoms with van der Waals surface area (Å²) in [5.74, 6) is 0. The van der Waals surface area contributed by atoms with Gasteiger partial charge in [-0.15, -0.1) is 0 Å². The molecule has 0 bridgehead atoms. The van der Waals surface area contributed by atoms with Crippen LogP contribution in [-0.2, 0) is 6.61 Å². The van der Waals surface area contributed by atoms with Gasteiger partial charge in [0.25, 0.3) is 0 Å². The van der Waals surface area contributed by atoms with E-state index < -0.39 is 0 Å². The van der Waals surface area contributed by atoms with Crippen molar-refractivity contribution in [3.8, 4) is 0 Å². The summed E-state index contributed by atoms with van der Waals surface area (Å²) in [6.07, 6.45) is 0. The van der Waals surface area contributed by atoms with Crippen molar-refractivity contribution in [2.24, 2.45) is 0 Å². The van der Waals surface area contributed by atoms with Gasteiger partial charge in [0.2, 0.25) is 0 Å². The van der Waals surface area contributed by atoms with E-state index in [0.717, 1.165) is 21.4 Å². The maximum atomic E-state index is 9.19. The summed E-state index contributed by atoms with van der Waals surface area (Å²) in [6, 6.07) is 8.20. The number of para-hydroxylation sites is 1. The molecule has 0 spiro atoms. The number of aryl methyl sites for hydroxylation is 2. The number of aliphatic hydroxyl groups is 1. The van der Waals surface area contributed by atoms with Crippen LogP contribution >= 0.6 is 11.3 Å². The van der Waals surface area contributed by atoms with Gasteiger partial charge in [-0.05, 0) is 25.5 Å². The van der Waals surface area contributed by atoms with E-state index in [1.54, 1.807) is 0 Å². The second-order valence-corrected chi connectivity index (χ2v) is 5.07. The average Bonchev–Trinajstić information content (AvgIpc) is 2.70. The van der Waals surface area contributed by atoms with Crippen LogP contribution in [0, 0.1) is 13.8 Å². The van der Waals surface area contributed by atoms with Gasteiger partial charge in [-0.2, -0.15) is 0 Å². The van der Waals surface area contributed by atoms with Gasteiger partial charge in [0, 0.05) is 12.7 Å². The van der Waals surface area contributed by atoms with E-state index in [2.05, 4.69) is 28.9 Å². The minimum absolute atomic E-state index is 0.0606. The summed E-state index contributed by atoms with van der Waals surface area (Å²) in [5, 5.41) is 10.1. The average molecular weight is 248 g/mol. The molecule has 0 aliphatic carbocycles. The van der Waals surface area contributed by atoms with Gasteiger partial charge in [-0.1, -0.05) is 29.5 Å². The maximum absolute atomic E-state index is 9.19. The zero-order valence-electron chi connectivity index (χ0n) is 10.3. The summed E-state index contributed by atoms with van der Waals surface area (Å²) >= 11 is 1.54. The van der Waals surface area contributed by atoms with Crippen molar-refractivity contribution in [3.05, 3.63) is 40.4 Å². The Labute approximate surface area is 105 Å². The van der Waals surface area contributed by atoms with Gasteiger partial charge in [0.1, 0.15) is 0 Å². The largest absolute Gasteiger partial charge is 0.391 e. The Bertz CT molecular complexity index is 522. The molecule has 0 atom stereocenters. The normalized spacial score (nSPS) is 10.6. The van der Waals surface area contributed by atoms with Gasteiger partial charge in [0.15, 0.2) is 5.13 Å². The Balaban J connectivity index is 2.37. The minimum Gasteiger partial charge on any atom is -0.391 e. The summed E-state index contributed by atoms with van der Waals surface area (Å²) in [4.78, 5) is 7.48. The van der Waals surface area contributed by atoms with Crippen molar-refractivity contribution in [3.63, 3.8) is 0 Å². The highest BCUT2D eigenvalue weighted by Crippen LogP contribution is 2.31. The summed E-state index contributed by atoms with van der Waals surface area (Å²) in [7, 11) is 2.00. The monoisotopic (exact) mass is 248 g/mol. The predicted molar refractivity (Wildman–Crippen MR) is 72.0 cm³/mol. The molecule has 17 heavy (non-hydrogen) atoms. The van der Waals surface area contributed by atoms with Crippen molar-refractivity contribution in [1.29, 1.82) is 0 Å². The van der Waals surface area contributed by atoms with E-state index in [4.69, 9.17) is 0 Å². The first-order valence-corrected chi connectivity index (χ1v) is 6.31. The molecular weight excluding hydrogens is 232 g/mol. The van der Waals surface area contributed by atoms with Crippen LogP contribution in [0.1, 0.15) is 16.1 Å².